The van der Waals surface area contributed by atoms with Gasteiger partial charge in [-0.3, -0.25) is 4.79 Å². The number of aromatic amines is 1. The van der Waals surface area contributed by atoms with Gasteiger partial charge >= 0.3 is 5.97 Å². The molecule has 0 saturated heterocycles. The average Bonchev–Trinajstić information content (AvgIpc) is 2.96. The molecule has 0 saturated carbocycles. The number of aliphatic carboxylic acids is 1. The molecule has 2 aromatic carbocycles. The third-order valence-corrected chi connectivity index (χ3v) is 3.46. The third-order valence-electron chi connectivity index (χ3n) is 3.46. The van der Waals surface area contributed by atoms with E-state index in [1.165, 1.54) is 0 Å². The maximum Gasteiger partial charge on any atom is 0.307 e. The second-order valence-electron chi connectivity index (χ2n) is 5.30. The zero-order valence-corrected chi connectivity index (χ0v) is 13.3. The number of fused-ring (bicyclic) bond motifs is 1. The lowest BCUT2D eigenvalue weighted by molar-refractivity contribution is -0.136. The molecule has 6 nitrogen and oxygen atoms in total. The minimum absolute atomic E-state index is 0.00697. The molecular weight excluding hydrogens is 308 g/mol. The lowest BCUT2D eigenvalue weighted by atomic mass is 10.1. The predicted octanol–water partition coefficient (Wildman–Crippen LogP) is 3.17. The topological polar surface area (TPSA) is 84.4 Å². The van der Waals surface area contributed by atoms with Crippen LogP contribution in [0, 0.1) is 0 Å². The zero-order valence-electron chi connectivity index (χ0n) is 13.3. The Hall–Kier alpha value is -3.02. The maximum atomic E-state index is 10.8. The van der Waals surface area contributed by atoms with Crippen molar-refractivity contribution >= 4 is 17.0 Å². The highest BCUT2D eigenvalue weighted by Gasteiger charge is 2.07. The van der Waals surface area contributed by atoms with E-state index in [9.17, 15) is 4.79 Å². The molecule has 0 radical (unpaired) electrons. The second kappa shape index (κ2) is 7.04. The van der Waals surface area contributed by atoms with Crippen molar-refractivity contribution in [2.24, 2.45) is 0 Å². The van der Waals surface area contributed by atoms with E-state index in [1.54, 1.807) is 12.1 Å². The van der Waals surface area contributed by atoms with Crippen molar-refractivity contribution < 1.29 is 19.4 Å². The van der Waals surface area contributed by atoms with Crippen LogP contribution in [0.2, 0.25) is 0 Å². The van der Waals surface area contributed by atoms with Gasteiger partial charge in [0.2, 0.25) is 0 Å². The van der Waals surface area contributed by atoms with Gasteiger partial charge in [-0.25, -0.2) is 4.98 Å². The molecule has 0 bridgehead atoms. The van der Waals surface area contributed by atoms with Gasteiger partial charge in [0.1, 0.15) is 23.9 Å². The molecule has 1 heterocycles. The average molecular weight is 326 g/mol. The highest BCUT2D eigenvalue weighted by atomic mass is 16.5. The standard InChI is InChI=1S/C18H18N2O4/c1-2-23-13-4-6-14(7-5-13)24-11-17-19-15-8-3-12(10-18(21)22)9-16(15)20-17/h3-9H,2,10-11H2,1H3,(H,19,20)(H,21,22). The maximum absolute atomic E-state index is 10.8. The molecule has 2 N–H and O–H groups in total. The quantitative estimate of drug-likeness (QED) is 0.696. The number of carboxylic acids is 1. The number of carbonyl (C=O) groups is 1. The molecule has 3 rings (SSSR count). The number of aromatic nitrogens is 2. The van der Waals surface area contributed by atoms with Crippen LogP contribution in [0.3, 0.4) is 0 Å². The highest BCUT2D eigenvalue weighted by molar-refractivity contribution is 5.78. The van der Waals surface area contributed by atoms with Crippen LogP contribution < -0.4 is 9.47 Å². The molecule has 0 atom stereocenters. The van der Waals surface area contributed by atoms with Crippen LogP contribution in [-0.2, 0) is 17.8 Å². The van der Waals surface area contributed by atoms with Crippen LogP contribution in [0.5, 0.6) is 11.5 Å². The summed E-state index contributed by atoms with van der Waals surface area (Å²) in [5.74, 6) is 1.37. The lowest BCUT2D eigenvalue weighted by Crippen LogP contribution is -1.99. The van der Waals surface area contributed by atoms with E-state index in [0.29, 0.717) is 19.0 Å². The number of ether oxygens (including phenoxy) is 2. The second-order valence-corrected chi connectivity index (χ2v) is 5.30. The highest BCUT2D eigenvalue weighted by Crippen LogP contribution is 2.19. The Morgan fingerprint density at radius 2 is 1.83 bits per heavy atom. The number of carboxylic acid groups (broad SMARTS) is 1. The van der Waals surface area contributed by atoms with E-state index in [1.807, 2.05) is 37.3 Å². The molecule has 124 valence electrons. The molecule has 1 aromatic heterocycles. The van der Waals surface area contributed by atoms with Gasteiger partial charge in [0.15, 0.2) is 0 Å². The van der Waals surface area contributed by atoms with Crippen molar-refractivity contribution in [3.63, 3.8) is 0 Å². The van der Waals surface area contributed by atoms with Gasteiger partial charge in [-0.1, -0.05) is 6.07 Å². The van der Waals surface area contributed by atoms with Crippen LogP contribution >= 0.6 is 0 Å². The molecule has 0 amide bonds. The summed E-state index contributed by atoms with van der Waals surface area (Å²) in [5, 5.41) is 8.85. The number of benzene rings is 2. The SMILES string of the molecule is CCOc1ccc(OCc2nc3ccc(CC(=O)O)cc3[nH]2)cc1. The van der Waals surface area contributed by atoms with Gasteiger partial charge in [0.25, 0.3) is 0 Å². The Labute approximate surface area is 139 Å². The summed E-state index contributed by atoms with van der Waals surface area (Å²) < 4.78 is 11.1. The fourth-order valence-corrected chi connectivity index (χ4v) is 2.41. The van der Waals surface area contributed by atoms with Crippen LogP contribution in [0.15, 0.2) is 42.5 Å². The normalized spacial score (nSPS) is 10.7. The van der Waals surface area contributed by atoms with Gasteiger partial charge < -0.3 is 19.6 Å². The molecule has 24 heavy (non-hydrogen) atoms. The Morgan fingerprint density at radius 1 is 1.12 bits per heavy atom. The van der Waals surface area contributed by atoms with Crippen molar-refractivity contribution in [1.29, 1.82) is 0 Å². The smallest absolute Gasteiger partial charge is 0.307 e. The van der Waals surface area contributed by atoms with Gasteiger partial charge in [-0.2, -0.15) is 0 Å². The molecular formula is C18H18N2O4. The summed E-state index contributed by atoms with van der Waals surface area (Å²) in [5.41, 5.74) is 2.33. The molecule has 0 aliphatic rings. The molecule has 0 unspecified atom stereocenters. The number of rotatable bonds is 7. The number of nitrogens with zero attached hydrogens (tertiary/aromatic N) is 1. The van der Waals surface area contributed by atoms with Crippen LogP contribution in [-0.4, -0.2) is 27.7 Å². The molecule has 0 fully saturated rings. The molecule has 0 aliphatic heterocycles. The first-order valence-corrected chi connectivity index (χ1v) is 7.69. The van der Waals surface area contributed by atoms with Crippen molar-refractivity contribution in [3.8, 4) is 11.5 Å². The van der Waals surface area contributed by atoms with Crippen molar-refractivity contribution in [1.82, 2.24) is 9.97 Å². The van der Waals surface area contributed by atoms with E-state index in [-0.39, 0.29) is 6.42 Å². The summed E-state index contributed by atoms with van der Waals surface area (Å²) in [6.07, 6.45) is -0.00697. The fraction of sp³-hybridized carbons (Fsp3) is 0.222. The minimum Gasteiger partial charge on any atom is -0.494 e. The minimum atomic E-state index is -0.854. The van der Waals surface area contributed by atoms with E-state index < -0.39 is 5.97 Å². The number of hydrogen-bond acceptors (Lipinski definition) is 4. The van der Waals surface area contributed by atoms with Crippen LogP contribution in [0.4, 0.5) is 0 Å². The Balaban J connectivity index is 1.67. The number of nitrogens with one attached hydrogen (secondary N) is 1. The number of hydrogen-bond donors (Lipinski definition) is 2. The third kappa shape index (κ3) is 3.84. The first-order chi connectivity index (χ1) is 11.6. The van der Waals surface area contributed by atoms with E-state index >= 15 is 0 Å². The Bertz CT molecular complexity index is 840. The largest absolute Gasteiger partial charge is 0.494 e. The monoisotopic (exact) mass is 326 g/mol. The Morgan fingerprint density at radius 3 is 2.50 bits per heavy atom. The van der Waals surface area contributed by atoms with Crippen molar-refractivity contribution in [3.05, 3.63) is 53.9 Å². The molecule has 0 aliphatic carbocycles. The van der Waals surface area contributed by atoms with E-state index in [4.69, 9.17) is 14.6 Å². The van der Waals surface area contributed by atoms with Crippen molar-refractivity contribution in [2.45, 2.75) is 20.0 Å². The van der Waals surface area contributed by atoms with Crippen LogP contribution in [0.25, 0.3) is 11.0 Å². The fourth-order valence-electron chi connectivity index (χ4n) is 2.41. The van der Waals surface area contributed by atoms with Gasteiger partial charge in [0, 0.05) is 0 Å². The summed E-state index contributed by atoms with van der Waals surface area (Å²) >= 11 is 0. The molecule has 6 heteroatoms. The van der Waals surface area contributed by atoms with Gasteiger partial charge in [-0.05, 0) is 48.9 Å². The van der Waals surface area contributed by atoms with Gasteiger partial charge in [0.05, 0.1) is 24.1 Å². The van der Waals surface area contributed by atoms with Crippen LogP contribution in [0.1, 0.15) is 18.3 Å². The zero-order chi connectivity index (χ0) is 16.9. The first kappa shape index (κ1) is 15.9. The first-order valence-electron chi connectivity index (χ1n) is 7.69. The summed E-state index contributed by atoms with van der Waals surface area (Å²) in [6.45, 7) is 2.87. The lowest BCUT2D eigenvalue weighted by Gasteiger charge is -2.06. The summed E-state index contributed by atoms with van der Waals surface area (Å²) in [4.78, 5) is 18.4. The van der Waals surface area contributed by atoms with E-state index in [0.717, 1.165) is 28.1 Å². The van der Waals surface area contributed by atoms with Gasteiger partial charge in [-0.15, -0.1) is 0 Å². The molecule has 3 aromatic rings. The summed E-state index contributed by atoms with van der Waals surface area (Å²) in [6, 6.07) is 12.8. The number of imidazole rings is 1. The number of H-pyrrole nitrogens is 1. The Kier molecular flexibility index (Phi) is 4.65. The molecule has 0 spiro atoms. The van der Waals surface area contributed by atoms with Crippen molar-refractivity contribution in [2.75, 3.05) is 6.61 Å². The summed E-state index contributed by atoms with van der Waals surface area (Å²) in [7, 11) is 0. The predicted molar refractivity (Wildman–Crippen MR) is 89.4 cm³/mol. The van der Waals surface area contributed by atoms with E-state index in [2.05, 4.69) is 9.97 Å².